The average Bonchev–Trinajstić information content (AvgIpc) is 3.20. The van der Waals surface area contributed by atoms with E-state index in [4.69, 9.17) is 0 Å². The molecule has 3 aromatic rings. The highest BCUT2D eigenvalue weighted by Crippen LogP contribution is 2.33. The summed E-state index contributed by atoms with van der Waals surface area (Å²) < 4.78 is 1.59. The summed E-state index contributed by atoms with van der Waals surface area (Å²) in [5.41, 5.74) is 3.28. The van der Waals surface area contributed by atoms with Gasteiger partial charge >= 0.3 is 0 Å². The standard InChI is InChI=1S/C17H15N5O3/c23-17-16(21(19-18-17)13-4-2-1-3-5-13)11-20-9-8-12-6-7-14(22(24)25)10-15(12)20/h1-7,10,23H,8-9,11H2. The van der Waals surface area contributed by atoms with Crippen molar-refractivity contribution in [1.82, 2.24) is 15.0 Å². The van der Waals surface area contributed by atoms with E-state index < -0.39 is 4.92 Å². The maximum atomic E-state index is 11.0. The molecule has 0 spiro atoms. The van der Waals surface area contributed by atoms with Crippen LogP contribution in [0, 0.1) is 10.1 Å². The van der Waals surface area contributed by atoms with Crippen molar-refractivity contribution in [1.29, 1.82) is 0 Å². The lowest BCUT2D eigenvalue weighted by atomic mass is 10.1. The molecule has 0 bridgehead atoms. The molecule has 0 aliphatic carbocycles. The summed E-state index contributed by atoms with van der Waals surface area (Å²) >= 11 is 0. The Hall–Kier alpha value is -3.42. The number of aromatic hydroxyl groups is 1. The first-order chi connectivity index (χ1) is 12.1. The Morgan fingerprint density at radius 3 is 2.76 bits per heavy atom. The highest BCUT2D eigenvalue weighted by molar-refractivity contribution is 5.62. The number of nitrogens with zero attached hydrogens (tertiary/aromatic N) is 5. The lowest BCUT2D eigenvalue weighted by Crippen LogP contribution is -2.22. The van der Waals surface area contributed by atoms with Crippen LogP contribution in [-0.4, -0.2) is 31.6 Å². The van der Waals surface area contributed by atoms with E-state index in [9.17, 15) is 15.2 Å². The zero-order valence-corrected chi connectivity index (χ0v) is 13.2. The molecule has 25 heavy (non-hydrogen) atoms. The zero-order valence-electron chi connectivity index (χ0n) is 13.2. The van der Waals surface area contributed by atoms with Crippen molar-refractivity contribution in [3.05, 3.63) is 69.9 Å². The number of hydrogen-bond donors (Lipinski definition) is 1. The van der Waals surface area contributed by atoms with Gasteiger partial charge in [-0.05, 0) is 24.1 Å². The van der Waals surface area contributed by atoms with Gasteiger partial charge in [-0.25, -0.2) is 4.68 Å². The molecule has 0 amide bonds. The Balaban J connectivity index is 1.69. The lowest BCUT2D eigenvalue weighted by Gasteiger charge is -2.19. The minimum atomic E-state index is -0.399. The number of fused-ring (bicyclic) bond motifs is 1. The number of para-hydroxylation sites is 1. The fourth-order valence-corrected chi connectivity index (χ4v) is 3.10. The van der Waals surface area contributed by atoms with Gasteiger partial charge in [-0.15, -0.1) is 0 Å². The summed E-state index contributed by atoms with van der Waals surface area (Å²) in [6, 6.07) is 14.3. The van der Waals surface area contributed by atoms with Gasteiger partial charge in [0, 0.05) is 24.4 Å². The van der Waals surface area contributed by atoms with Crippen LogP contribution in [0.1, 0.15) is 11.3 Å². The Morgan fingerprint density at radius 1 is 1.20 bits per heavy atom. The number of aromatic nitrogens is 3. The summed E-state index contributed by atoms with van der Waals surface area (Å²) in [5.74, 6) is -0.136. The van der Waals surface area contributed by atoms with E-state index in [2.05, 4.69) is 10.3 Å². The Kier molecular flexibility index (Phi) is 3.57. The van der Waals surface area contributed by atoms with Gasteiger partial charge < -0.3 is 10.0 Å². The van der Waals surface area contributed by atoms with Crippen molar-refractivity contribution in [3.8, 4) is 11.6 Å². The van der Waals surface area contributed by atoms with Gasteiger partial charge in [-0.1, -0.05) is 34.6 Å². The lowest BCUT2D eigenvalue weighted by molar-refractivity contribution is -0.384. The van der Waals surface area contributed by atoms with E-state index >= 15 is 0 Å². The van der Waals surface area contributed by atoms with Gasteiger partial charge in [-0.2, -0.15) is 0 Å². The van der Waals surface area contributed by atoms with E-state index in [0.717, 1.165) is 29.9 Å². The van der Waals surface area contributed by atoms with E-state index in [0.29, 0.717) is 12.2 Å². The molecule has 8 heteroatoms. The van der Waals surface area contributed by atoms with Crippen LogP contribution in [0.15, 0.2) is 48.5 Å². The van der Waals surface area contributed by atoms with Gasteiger partial charge in [0.15, 0.2) is 0 Å². The molecule has 0 radical (unpaired) electrons. The Morgan fingerprint density at radius 2 is 2.00 bits per heavy atom. The molecular formula is C17H15N5O3. The first kappa shape index (κ1) is 15.1. The van der Waals surface area contributed by atoms with Crippen molar-refractivity contribution < 1.29 is 10.0 Å². The van der Waals surface area contributed by atoms with Crippen LogP contribution in [0.25, 0.3) is 5.69 Å². The third-order valence-electron chi connectivity index (χ3n) is 4.36. The summed E-state index contributed by atoms with van der Waals surface area (Å²) in [6.07, 6.45) is 0.807. The quantitative estimate of drug-likeness (QED) is 0.580. The molecule has 0 saturated heterocycles. The number of benzene rings is 2. The van der Waals surface area contributed by atoms with Crippen LogP contribution in [-0.2, 0) is 13.0 Å². The minimum Gasteiger partial charge on any atom is -0.491 e. The molecule has 0 saturated carbocycles. The van der Waals surface area contributed by atoms with Gasteiger partial charge in [-0.3, -0.25) is 10.1 Å². The predicted octanol–water partition coefficient (Wildman–Crippen LogP) is 2.44. The highest BCUT2D eigenvalue weighted by Gasteiger charge is 2.25. The van der Waals surface area contributed by atoms with E-state index in [1.54, 1.807) is 16.8 Å². The third kappa shape index (κ3) is 2.67. The van der Waals surface area contributed by atoms with Crippen LogP contribution in [0.4, 0.5) is 11.4 Å². The number of hydrogen-bond acceptors (Lipinski definition) is 6. The van der Waals surface area contributed by atoms with Crippen LogP contribution < -0.4 is 4.90 Å². The summed E-state index contributed by atoms with van der Waals surface area (Å²) in [7, 11) is 0. The minimum absolute atomic E-state index is 0.0598. The average molecular weight is 337 g/mol. The van der Waals surface area contributed by atoms with Gasteiger partial charge in [0.25, 0.3) is 11.6 Å². The molecule has 0 atom stereocenters. The molecule has 1 N–H and O–H groups in total. The van der Waals surface area contributed by atoms with Gasteiger partial charge in [0.2, 0.25) is 0 Å². The molecule has 0 fully saturated rings. The van der Waals surface area contributed by atoms with Gasteiger partial charge in [0.05, 0.1) is 17.2 Å². The number of anilines is 1. The molecule has 1 aromatic heterocycles. The molecule has 1 aliphatic rings. The second kappa shape index (κ2) is 5.90. The molecule has 4 rings (SSSR count). The van der Waals surface area contributed by atoms with Gasteiger partial charge in [0.1, 0.15) is 5.69 Å². The van der Waals surface area contributed by atoms with E-state index in [1.807, 2.05) is 35.2 Å². The molecular weight excluding hydrogens is 322 g/mol. The number of nitro benzene ring substituents is 1. The summed E-state index contributed by atoms with van der Waals surface area (Å²) in [6.45, 7) is 1.08. The number of nitro groups is 1. The Labute approximate surface area is 143 Å². The van der Waals surface area contributed by atoms with Crippen LogP contribution in [0.5, 0.6) is 5.88 Å². The van der Waals surface area contributed by atoms with Crippen molar-refractivity contribution in [2.24, 2.45) is 0 Å². The first-order valence-corrected chi connectivity index (χ1v) is 7.85. The summed E-state index contributed by atoms with van der Waals surface area (Å²) in [4.78, 5) is 12.6. The molecule has 8 nitrogen and oxygen atoms in total. The highest BCUT2D eigenvalue weighted by atomic mass is 16.6. The number of rotatable bonds is 4. The van der Waals surface area contributed by atoms with E-state index in [-0.39, 0.29) is 11.6 Å². The largest absolute Gasteiger partial charge is 0.491 e. The van der Waals surface area contributed by atoms with Crippen LogP contribution in [0.2, 0.25) is 0 Å². The van der Waals surface area contributed by atoms with Crippen molar-refractivity contribution >= 4 is 11.4 Å². The fraction of sp³-hybridized carbons (Fsp3) is 0.176. The van der Waals surface area contributed by atoms with Crippen molar-refractivity contribution in [3.63, 3.8) is 0 Å². The number of non-ortho nitro benzene ring substituents is 1. The summed E-state index contributed by atoms with van der Waals surface area (Å²) in [5, 5.41) is 28.9. The second-order valence-electron chi connectivity index (χ2n) is 5.85. The predicted molar refractivity (Wildman–Crippen MR) is 90.9 cm³/mol. The molecule has 1 aliphatic heterocycles. The Bertz CT molecular complexity index is 939. The first-order valence-electron chi connectivity index (χ1n) is 7.85. The van der Waals surface area contributed by atoms with Crippen molar-refractivity contribution in [2.45, 2.75) is 13.0 Å². The molecule has 126 valence electrons. The maximum Gasteiger partial charge on any atom is 0.271 e. The molecule has 2 aromatic carbocycles. The molecule has 0 unspecified atom stereocenters. The third-order valence-corrected chi connectivity index (χ3v) is 4.36. The smallest absolute Gasteiger partial charge is 0.271 e. The molecule has 2 heterocycles. The zero-order chi connectivity index (χ0) is 17.4. The van der Waals surface area contributed by atoms with Crippen LogP contribution in [0.3, 0.4) is 0 Å². The van der Waals surface area contributed by atoms with Crippen molar-refractivity contribution in [2.75, 3.05) is 11.4 Å². The van der Waals surface area contributed by atoms with E-state index in [1.165, 1.54) is 6.07 Å². The monoisotopic (exact) mass is 337 g/mol. The SMILES string of the molecule is O=[N+]([O-])c1ccc2c(c1)N(Cc1c(O)nnn1-c1ccccc1)CC2. The van der Waals surface area contributed by atoms with Crippen LogP contribution >= 0.6 is 0 Å². The second-order valence-corrected chi connectivity index (χ2v) is 5.85. The normalized spacial score (nSPS) is 13.0. The maximum absolute atomic E-state index is 11.0. The fourth-order valence-electron chi connectivity index (χ4n) is 3.10. The topological polar surface area (TPSA) is 97.3 Å².